The molecule has 1 saturated carbocycles. The van der Waals surface area contributed by atoms with Crippen molar-refractivity contribution in [3.63, 3.8) is 0 Å². The van der Waals surface area contributed by atoms with Crippen LogP contribution in [-0.4, -0.2) is 35.1 Å². The summed E-state index contributed by atoms with van der Waals surface area (Å²) in [5, 5.41) is 3.56. The lowest BCUT2D eigenvalue weighted by Crippen LogP contribution is -2.30. The number of hydrogen-bond donors (Lipinski definition) is 2. The van der Waals surface area contributed by atoms with Crippen molar-refractivity contribution in [1.82, 2.24) is 20.3 Å². The smallest absolute Gasteiger partial charge is 0.229 e. The Kier molecular flexibility index (Phi) is 3.96. The summed E-state index contributed by atoms with van der Waals surface area (Å²) in [6.45, 7) is 2.08. The van der Waals surface area contributed by atoms with Crippen molar-refractivity contribution in [1.29, 1.82) is 0 Å². The lowest BCUT2D eigenvalue weighted by atomic mass is 10.2. The van der Waals surface area contributed by atoms with Gasteiger partial charge in [0.1, 0.15) is 0 Å². The van der Waals surface area contributed by atoms with Crippen molar-refractivity contribution >= 4 is 11.9 Å². The highest BCUT2D eigenvalue weighted by atomic mass is 15.3. The van der Waals surface area contributed by atoms with Crippen LogP contribution < -0.4 is 16.0 Å². The molecule has 0 radical (unpaired) electrons. The SMILES string of the molecule is CC(NC1CCCC1)c1nc(N)nc(N(C)C)n1. The van der Waals surface area contributed by atoms with Gasteiger partial charge in [0.05, 0.1) is 6.04 Å². The molecule has 1 aromatic heterocycles. The first-order chi connectivity index (χ1) is 8.56. The Balaban J connectivity index is 2.10. The maximum atomic E-state index is 5.73. The second kappa shape index (κ2) is 5.48. The molecule has 0 amide bonds. The van der Waals surface area contributed by atoms with Crippen LogP contribution in [0.15, 0.2) is 0 Å². The van der Waals surface area contributed by atoms with E-state index in [0.29, 0.717) is 12.0 Å². The third kappa shape index (κ3) is 3.07. The van der Waals surface area contributed by atoms with Gasteiger partial charge >= 0.3 is 0 Å². The highest BCUT2D eigenvalue weighted by Gasteiger charge is 2.20. The minimum Gasteiger partial charge on any atom is -0.368 e. The first-order valence-electron chi connectivity index (χ1n) is 6.51. The lowest BCUT2D eigenvalue weighted by Gasteiger charge is -2.19. The quantitative estimate of drug-likeness (QED) is 0.833. The number of anilines is 2. The van der Waals surface area contributed by atoms with Crippen LogP contribution in [0.4, 0.5) is 11.9 Å². The van der Waals surface area contributed by atoms with Gasteiger partial charge in [-0.3, -0.25) is 0 Å². The molecule has 1 fully saturated rings. The Morgan fingerprint density at radius 2 is 1.89 bits per heavy atom. The van der Waals surface area contributed by atoms with E-state index in [0.717, 1.165) is 5.82 Å². The number of nitrogens with two attached hydrogens (primary N) is 1. The van der Waals surface area contributed by atoms with E-state index < -0.39 is 0 Å². The molecule has 100 valence electrons. The minimum atomic E-state index is 0.108. The molecule has 2 rings (SSSR count). The molecule has 6 heteroatoms. The van der Waals surface area contributed by atoms with Crippen molar-refractivity contribution in [2.75, 3.05) is 24.7 Å². The van der Waals surface area contributed by atoms with Crippen molar-refractivity contribution < 1.29 is 0 Å². The van der Waals surface area contributed by atoms with Crippen LogP contribution in [0.2, 0.25) is 0 Å². The lowest BCUT2D eigenvalue weighted by molar-refractivity contribution is 0.447. The second-order valence-electron chi connectivity index (χ2n) is 5.12. The Labute approximate surface area is 108 Å². The molecule has 1 unspecified atom stereocenters. The number of hydrogen-bond acceptors (Lipinski definition) is 6. The van der Waals surface area contributed by atoms with Gasteiger partial charge in [-0.15, -0.1) is 0 Å². The van der Waals surface area contributed by atoms with Crippen LogP contribution in [0, 0.1) is 0 Å². The average molecular weight is 250 g/mol. The molecule has 0 aliphatic heterocycles. The Morgan fingerprint density at radius 1 is 1.22 bits per heavy atom. The zero-order chi connectivity index (χ0) is 13.1. The van der Waals surface area contributed by atoms with Gasteiger partial charge < -0.3 is 16.0 Å². The molecule has 1 aromatic rings. The molecule has 6 nitrogen and oxygen atoms in total. The number of nitrogens with zero attached hydrogens (tertiary/aromatic N) is 4. The summed E-state index contributed by atoms with van der Waals surface area (Å²) in [4.78, 5) is 14.6. The van der Waals surface area contributed by atoms with Crippen molar-refractivity contribution in [3.05, 3.63) is 5.82 Å². The summed E-state index contributed by atoms with van der Waals surface area (Å²) >= 11 is 0. The van der Waals surface area contributed by atoms with E-state index in [1.165, 1.54) is 25.7 Å². The van der Waals surface area contributed by atoms with Gasteiger partial charge in [0.2, 0.25) is 11.9 Å². The second-order valence-corrected chi connectivity index (χ2v) is 5.12. The van der Waals surface area contributed by atoms with Gasteiger partial charge in [-0.05, 0) is 19.8 Å². The van der Waals surface area contributed by atoms with Crippen molar-refractivity contribution in [2.24, 2.45) is 0 Å². The summed E-state index contributed by atoms with van der Waals surface area (Å²) in [5.41, 5.74) is 5.73. The van der Waals surface area contributed by atoms with Crippen LogP contribution >= 0.6 is 0 Å². The maximum absolute atomic E-state index is 5.73. The predicted octanol–water partition coefficient (Wildman–Crippen LogP) is 1.11. The van der Waals surface area contributed by atoms with E-state index in [1.54, 1.807) is 0 Å². The summed E-state index contributed by atoms with van der Waals surface area (Å²) in [6, 6.07) is 0.692. The molecule has 1 heterocycles. The third-order valence-corrected chi connectivity index (χ3v) is 3.29. The molecule has 1 aliphatic carbocycles. The molecule has 18 heavy (non-hydrogen) atoms. The fourth-order valence-electron chi connectivity index (χ4n) is 2.31. The number of rotatable bonds is 4. The summed E-state index contributed by atoms with van der Waals surface area (Å²) in [7, 11) is 3.79. The molecule has 0 aromatic carbocycles. The first-order valence-corrected chi connectivity index (χ1v) is 6.51. The summed E-state index contributed by atoms with van der Waals surface area (Å²) < 4.78 is 0. The van der Waals surface area contributed by atoms with E-state index >= 15 is 0 Å². The summed E-state index contributed by atoms with van der Waals surface area (Å²) in [6.07, 6.45) is 5.11. The van der Waals surface area contributed by atoms with Gasteiger partial charge in [0.15, 0.2) is 5.82 Å². The summed E-state index contributed by atoms with van der Waals surface area (Å²) in [5.74, 6) is 1.61. The molecule has 1 atom stereocenters. The average Bonchev–Trinajstić information content (AvgIpc) is 2.80. The Hall–Kier alpha value is -1.43. The molecule has 3 N–H and O–H groups in total. The maximum Gasteiger partial charge on any atom is 0.229 e. The topological polar surface area (TPSA) is 80.0 Å². The molecule has 0 spiro atoms. The van der Waals surface area contributed by atoms with E-state index in [-0.39, 0.29) is 12.0 Å². The van der Waals surface area contributed by atoms with Gasteiger partial charge in [-0.1, -0.05) is 12.8 Å². The fourth-order valence-corrected chi connectivity index (χ4v) is 2.31. The minimum absolute atomic E-state index is 0.108. The van der Waals surface area contributed by atoms with E-state index in [4.69, 9.17) is 5.73 Å². The van der Waals surface area contributed by atoms with Crippen LogP contribution in [0.1, 0.15) is 44.5 Å². The molecule has 1 aliphatic rings. The van der Waals surface area contributed by atoms with Crippen LogP contribution in [0.5, 0.6) is 0 Å². The Bertz CT molecular complexity index is 400. The number of nitrogens with one attached hydrogen (secondary N) is 1. The monoisotopic (exact) mass is 250 g/mol. The van der Waals surface area contributed by atoms with E-state index in [2.05, 4.69) is 27.2 Å². The normalized spacial score (nSPS) is 17.9. The van der Waals surface area contributed by atoms with Gasteiger partial charge in [0, 0.05) is 20.1 Å². The highest BCUT2D eigenvalue weighted by molar-refractivity contribution is 5.33. The standard InChI is InChI=1S/C12H22N6/c1-8(14-9-6-4-5-7-9)10-15-11(13)17-12(16-10)18(2)3/h8-9,14H,4-7H2,1-3H3,(H2,13,15,16,17). The highest BCUT2D eigenvalue weighted by Crippen LogP contribution is 2.21. The van der Waals surface area contributed by atoms with Crippen molar-refractivity contribution in [2.45, 2.75) is 44.7 Å². The van der Waals surface area contributed by atoms with Gasteiger partial charge in [0.25, 0.3) is 0 Å². The van der Waals surface area contributed by atoms with Crippen molar-refractivity contribution in [3.8, 4) is 0 Å². The van der Waals surface area contributed by atoms with Crippen LogP contribution in [0.25, 0.3) is 0 Å². The van der Waals surface area contributed by atoms with Gasteiger partial charge in [-0.2, -0.15) is 15.0 Å². The zero-order valence-corrected chi connectivity index (χ0v) is 11.3. The largest absolute Gasteiger partial charge is 0.368 e. The molecule has 0 bridgehead atoms. The predicted molar refractivity (Wildman–Crippen MR) is 72.4 cm³/mol. The Morgan fingerprint density at radius 3 is 2.50 bits per heavy atom. The van der Waals surface area contributed by atoms with Crippen LogP contribution in [-0.2, 0) is 0 Å². The third-order valence-electron chi connectivity index (χ3n) is 3.29. The molecular weight excluding hydrogens is 228 g/mol. The number of nitrogen functional groups attached to an aromatic ring is 1. The first kappa shape index (κ1) is 13.0. The zero-order valence-electron chi connectivity index (χ0n) is 11.3. The molecular formula is C12H22N6. The van der Waals surface area contributed by atoms with Gasteiger partial charge in [-0.25, -0.2) is 0 Å². The van der Waals surface area contributed by atoms with E-state index in [9.17, 15) is 0 Å². The van der Waals surface area contributed by atoms with Crippen LogP contribution in [0.3, 0.4) is 0 Å². The number of aromatic nitrogens is 3. The molecule has 0 saturated heterocycles. The fraction of sp³-hybridized carbons (Fsp3) is 0.750. The van der Waals surface area contributed by atoms with E-state index in [1.807, 2.05) is 19.0 Å².